The lowest BCUT2D eigenvalue weighted by atomic mass is 10.1. The van der Waals surface area contributed by atoms with Crippen LogP contribution in [0.25, 0.3) is 11.5 Å². The molecule has 4 nitrogen and oxygen atoms in total. The molecule has 0 saturated heterocycles. The van der Waals surface area contributed by atoms with E-state index in [9.17, 15) is 4.79 Å². The largest absolute Gasteiger partial charge is 0.441 e. The van der Waals surface area contributed by atoms with Gasteiger partial charge in [0.25, 0.3) is 5.91 Å². The number of carbonyl (C=O) groups is 1. The van der Waals surface area contributed by atoms with Gasteiger partial charge in [0.05, 0.1) is 11.7 Å². The van der Waals surface area contributed by atoms with Crippen molar-refractivity contribution < 1.29 is 9.21 Å². The Hall–Kier alpha value is -3.31. The van der Waals surface area contributed by atoms with Gasteiger partial charge in [-0.2, -0.15) is 0 Å². The molecule has 0 aliphatic carbocycles. The average Bonchev–Trinajstić information content (AvgIpc) is 3.19. The highest BCUT2D eigenvalue weighted by Crippen LogP contribution is 2.27. The maximum atomic E-state index is 12.6. The molecular formula is C26H24N2O2S. The van der Waals surface area contributed by atoms with E-state index in [0.29, 0.717) is 11.5 Å². The lowest BCUT2D eigenvalue weighted by molar-refractivity contribution is 0.0940. The van der Waals surface area contributed by atoms with Crippen molar-refractivity contribution in [3.63, 3.8) is 0 Å². The van der Waals surface area contributed by atoms with Crippen LogP contribution in [0.3, 0.4) is 0 Å². The number of nitrogens with zero attached hydrogens (tertiary/aromatic N) is 1. The summed E-state index contributed by atoms with van der Waals surface area (Å²) in [6.07, 6.45) is 0. The molecule has 4 aromatic rings. The van der Waals surface area contributed by atoms with Gasteiger partial charge in [-0.05, 0) is 55.8 Å². The predicted molar refractivity (Wildman–Crippen MR) is 125 cm³/mol. The Labute approximate surface area is 186 Å². The van der Waals surface area contributed by atoms with Gasteiger partial charge in [0, 0.05) is 21.8 Å². The highest BCUT2D eigenvalue weighted by atomic mass is 32.2. The fourth-order valence-electron chi connectivity index (χ4n) is 3.22. The van der Waals surface area contributed by atoms with E-state index in [-0.39, 0.29) is 11.9 Å². The summed E-state index contributed by atoms with van der Waals surface area (Å²) in [6.45, 7) is 3.91. The number of carbonyl (C=O) groups excluding carboxylic acids is 1. The molecule has 1 heterocycles. The molecule has 0 fully saturated rings. The number of nitrogens with one attached hydrogen (secondary N) is 1. The van der Waals surface area contributed by atoms with Crippen molar-refractivity contribution in [3.8, 4) is 11.5 Å². The van der Waals surface area contributed by atoms with Crippen LogP contribution < -0.4 is 5.32 Å². The third-order valence-corrected chi connectivity index (χ3v) is 6.08. The standard InChI is InChI=1S/C26H24N2O2S/c1-18(20-9-5-3-6-10-20)27-25(29)21-13-15-22(16-14-21)26-28-24(19(2)30-26)17-31-23-11-7-4-8-12-23/h3-16,18H,17H2,1-2H3,(H,27,29). The summed E-state index contributed by atoms with van der Waals surface area (Å²) in [6, 6.07) is 27.5. The maximum absolute atomic E-state index is 12.6. The van der Waals surface area contributed by atoms with Crippen LogP contribution in [0.15, 0.2) is 94.2 Å². The van der Waals surface area contributed by atoms with Crippen LogP contribution in [0.4, 0.5) is 0 Å². The molecule has 1 N–H and O–H groups in total. The second-order valence-electron chi connectivity index (χ2n) is 7.31. The summed E-state index contributed by atoms with van der Waals surface area (Å²) in [5, 5.41) is 3.04. The van der Waals surface area contributed by atoms with Crippen molar-refractivity contribution >= 4 is 17.7 Å². The van der Waals surface area contributed by atoms with E-state index in [1.807, 2.05) is 74.5 Å². The molecule has 1 aromatic heterocycles. The van der Waals surface area contributed by atoms with Crippen LogP contribution in [-0.4, -0.2) is 10.9 Å². The fourth-order valence-corrected chi connectivity index (χ4v) is 4.14. The summed E-state index contributed by atoms with van der Waals surface area (Å²) < 4.78 is 5.89. The first-order valence-corrected chi connectivity index (χ1v) is 11.2. The predicted octanol–water partition coefficient (Wildman–Crippen LogP) is 6.43. The number of aromatic nitrogens is 1. The summed E-state index contributed by atoms with van der Waals surface area (Å²) in [7, 11) is 0. The molecule has 31 heavy (non-hydrogen) atoms. The highest BCUT2D eigenvalue weighted by molar-refractivity contribution is 7.98. The van der Waals surface area contributed by atoms with E-state index in [1.165, 1.54) is 4.90 Å². The topological polar surface area (TPSA) is 55.1 Å². The van der Waals surface area contributed by atoms with Crippen LogP contribution in [0.2, 0.25) is 0 Å². The number of hydrogen-bond donors (Lipinski definition) is 1. The third-order valence-electron chi connectivity index (χ3n) is 5.05. The lowest BCUT2D eigenvalue weighted by Crippen LogP contribution is -2.26. The molecule has 0 radical (unpaired) electrons. The molecule has 1 atom stereocenters. The lowest BCUT2D eigenvalue weighted by Gasteiger charge is -2.14. The monoisotopic (exact) mass is 428 g/mol. The summed E-state index contributed by atoms with van der Waals surface area (Å²) in [5.41, 5.74) is 3.47. The van der Waals surface area contributed by atoms with Gasteiger partial charge < -0.3 is 9.73 Å². The fraction of sp³-hybridized carbons (Fsp3) is 0.154. The average molecular weight is 429 g/mol. The van der Waals surface area contributed by atoms with Crippen molar-refractivity contribution in [2.24, 2.45) is 0 Å². The summed E-state index contributed by atoms with van der Waals surface area (Å²) in [4.78, 5) is 18.5. The Bertz CT molecular complexity index is 1140. The molecule has 0 aliphatic heterocycles. The zero-order valence-electron chi connectivity index (χ0n) is 17.5. The molecule has 4 rings (SSSR count). The maximum Gasteiger partial charge on any atom is 0.251 e. The Morgan fingerprint density at radius 1 is 0.968 bits per heavy atom. The van der Waals surface area contributed by atoms with Crippen LogP contribution in [0, 0.1) is 6.92 Å². The zero-order chi connectivity index (χ0) is 21.6. The SMILES string of the molecule is Cc1oc(-c2ccc(C(=O)NC(C)c3ccccc3)cc2)nc1CSc1ccccc1. The van der Waals surface area contributed by atoms with E-state index < -0.39 is 0 Å². The van der Waals surface area contributed by atoms with Crippen molar-refractivity contribution in [2.75, 3.05) is 0 Å². The van der Waals surface area contributed by atoms with Crippen molar-refractivity contribution in [2.45, 2.75) is 30.5 Å². The van der Waals surface area contributed by atoms with E-state index >= 15 is 0 Å². The van der Waals surface area contributed by atoms with Gasteiger partial charge in [0.2, 0.25) is 5.89 Å². The van der Waals surface area contributed by atoms with Crippen LogP contribution >= 0.6 is 11.8 Å². The molecule has 156 valence electrons. The van der Waals surface area contributed by atoms with E-state index in [0.717, 1.165) is 28.3 Å². The van der Waals surface area contributed by atoms with Crippen LogP contribution in [0.5, 0.6) is 0 Å². The minimum Gasteiger partial charge on any atom is -0.441 e. The van der Waals surface area contributed by atoms with Gasteiger partial charge in [0.15, 0.2) is 0 Å². The number of oxazole rings is 1. The van der Waals surface area contributed by atoms with E-state index in [4.69, 9.17) is 4.42 Å². The smallest absolute Gasteiger partial charge is 0.251 e. The summed E-state index contributed by atoms with van der Waals surface area (Å²) in [5.74, 6) is 2.03. The second-order valence-corrected chi connectivity index (χ2v) is 8.36. The van der Waals surface area contributed by atoms with Gasteiger partial charge >= 0.3 is 0 Å². The quantitative estimate of drug-likeness (QED) is 0.345. The van der Waals surface area contributed by atoms with Crippen molar-refractivity contribution in [3.05, 3.63) is 108 Å². The highest BCUT2D eigenvalue weighted by Gasteiger charge is 2.14. The molecule has 5 heteroatoms. The van der Waals surface area contributed by atoms with E-state index in [1.54, 1.807) is 23.9 Å². The number of benzene rings is 3. The van der Waals surface area contributed by atoms with E-state index in [2.05, 4.69) is 22.4 Å². The molecule has 1 unspecified atom stereocenters. The summed E-state index contributed by atoms with van der Waals surface area (Å²) >= 11 is 1.73. The number of rotatable bonds is 7. The molecule has 0 aliphatic rings. The molecule has 0 saturated carbocycles. The Morgan fingerprint density at radius 3 is 2.29 bits per heavy atom. The second kappa shape index (κ2) is 9.67. The Morgan fingerprint density at radius 2 is 1.61 bits per heavy atom. The number of amides is 1. The Kier molecular flexibility index (Phi) is 6.53. The van der Waals surface area contributed by atoms with Crippen molar-refractivity contribution in [1.29, 1.82) is 0 Å². The normalized spacial score (nSPS) is 11.8. The zero-order valence-corrected chi connectivity index (χ0v) is 18.4. The minimum atomic E-state index is -0.105. The molecule has 0 bridgehead atoms. The first-order chi connectivity index (χ1) is 15.1. The van der Waals surface area contributed by atoms with Gasteiger partial charge in [0.1, 0.15) is 5.76 Å². The number of hydrogen-bond acceptors (Lipinski definition) is 4. The molecule has 0 spiro atoms. The minimum absolute atomic E-state index is 0.0626. The van der Waals surface area contributed by atoms with Gasteiger partial charge in [-0.3, -0.25) is 4.79 Å². The Balaban J connectivity index is 1.41. The van der Waals surface area contributed by atoms with Gasteiger partial charge in [-0.15, -0.1) is 11.8 Å². The third kappa shape index (κ3) is 5.25. The molecule has 3 aromatic carbocycles. The van der Waals surface area contributed by atoms with Gasteiger partial charge in [-0.1, -0.05) is 48.5 Å². The van der Waals surface area contributed by atoms with Gasteiger partial charge in [-0.25, -0.2) is 4.98 Å². The number of thioether (sulfide) groups is 1. The first-order valence-electron chi connectivity index (χ1n) is 10.2. The van der Waals surface area contributed by atoms with Crippen molar-refractivity contribution in [1.82, 2.24) is 10.3 Å². The first kappa shape index (κ1) is 20.9. The van der Waals surface area contributed by atoms with Crippen LogP contribution in [-0.2, 0) is 5.75 Å². The molecular weight excluding hydrogens is 404 g/mol. The van der Waals surface area contributed by atoms with Crippen LogP contribution in [0.1, 0.15) is 40.3 Å². The number of aryl methyl sites for hydroxylation is 1. The molecule has 1 amide bonds.